The van der Waals surface area contributed by atoms with E-state index in [0.29, 0.717) is 0 Å². The second-order valence-corrected chi connectivity index (χ2v) is 5.97. The molecule has 1 N–H and O–H groups in total. The number of amides is 1. The summed E-state index contributed by atoms with van der Waals surface area (Å²) in [6.45, 7) is 7.67. The number of unbranched alkanes of at least 4 members (excludes halogenated alkanes) is 2. The molecular weight excluding hydrogens is 276 g/mol. The summed E-state index contributed by atoms with van der Waals surface area (Å²) in [5.41, 5.74) is 0.278. The SMILES string of the molecule is CCCCCCl.Cn1ccc(NC(=O)OC(C)(C)C)c1. The van der Waals surface area contributed by atoms with Crippen LogP contribution in [0.2, 0.25) is 0 Å². The topological polar surface area (TPSA) is 43.3 Å². The lowest BCUT2D eigenvalue weighted by Crippen LogP contribution is -2.27. The number of nitrogens with one attached hydrogen (secondary N) is 1. The molecule has 1 aromatic rings. The van der Waals surface area contributed by atoms with Crippen LogP contribution in [-0.4, -0.2) is 22.1 Å². The van der Waals surface area contributed by atoms with Crippen molar-refractivity contribution < 1.29 is 9.53 Å². The van der Waals surface area contributed by atoms with E-state index in [1.807, 2.05) is 50.8 Å². The predicted octanol–water partition coefficient (Wildman–Crippen LogP) is 4.79. The van der Waals surface area contributed by atoms with Gasteiger partial charge in [-0.25, -0.2) is 4.79 Å². The molecule has 0 aliphatic rings. The van der Waals surface area contributed by atoms with Gasteiger partial charge in [0.25, 0.3) is 0 Å². The zero-order chi connectivity index (χ0) is 15.6. The molecule has 1 amide bonds. The largest absolute Gasteiger partial charge is 0.444 e. The standard InChI is InChI=1S/C10H16N2O2.C5H11Cl/c1-10(2,3)14-9(13)11-8-5-6-12(4)7-8;1-2-3-4-5-6/h5-7H,1-4H3,(H,11,13);2-5H2,1H3. The quantitative estimate of drug-likeness (QED) is 0.642. The van der Waals surface area contributed by atoms with Crippen LogP contribution in [0.1, 0.15) is 47.0 Å². The Morgan fingerprint density at radius 2 is 2.05 bits per heavy atom. The van der Waals surface area contributed by atoms with Gasteiger partial charge in [0.2, 0.25) is 0 Å². The molecular formula is C15H27ClN2O2. The van der Waals surface area contributed by atoms with Gasteiger partial charge < -0.3 is 9.30 Å². The molecule has 0 saturated carbocycles. The average Bonchev–Trinajstić information content (AvgIpc) is 2.70. The minimum absolute atomic E-state index is 0.427. The van der Waals surface area contributed by atoms with Gasteiger partial charge in [0, 0.05) is 25.3 Å². The van der Waals surface area contributed by atoms with Crippen LogP contribution < -0.4 is 5.32 Å². The van der Waals surface area contributed by atoms with Gasteiger partial charge in [0.05, 0.1) is 5.69 Å². The maximum Gasteiger partial charge on any atom is 0.412 e. The van der Waals surface area contributed by atoms with Gasteiger partial charge in [-0.3, -0.25) is 5.32 Å². The van der Waals surface area contributed by atoms with Crippen molar-refractivity contribution >= 4 is 23.4 Å². The molecule has 116 valence electrons. The number of aryl methyl sites for hydroxylation is 1. The number of anilines is 1. The van der Waals surface area contributed by atoms with E-state index < -0.39 is 11.7 Å². The molecule has 1 heterocycles. The predicted molar refractivity (Wildman–Crippen MR) is 85.5 cm³/mol. The van der Waals surface area contributed by atoms with Crippen LogP contribution in [0.3, 0.4) is 0 Å². The Morgan fingerprint density at radius 3 is 2.40 bits per heavy atom. The summed E-state index contributed by atoms with van der Waals surface area (Å²) in [6.07, 6.45) is 6.97. The Balaban J connectivity index is 0.000000511. The van der Waals surface area contributed by atoms with E-state index in [1.54, 1.807) is 0 Å². The third-order valence-corrected chi connectivity index (χ3v) is 2.48. The van der Waals surface area contributed by atoms with E-state index in [0.717, 1.165) is 11.6 Å². The van der Waals surface area contributed by atoms with Gasteiger partial charge in [-0.05, 0) is 33.3 Å². The molecule has 0 aliphatic carbocycles. The third-order valence-electron chi connectivity index (χ3n) is 2.21. The number of carbonyl (C=O) groups is 1. The molecule has 0 unspecified atom stereocenters. The van der Waals surface area contributed by atoms with Gasteiger partial charge in [-0.1, -0.05) is 19.8 Å². The lowest BCUT2D eigenvalue weighted by molar-refractivity contribution is 0.0636. The fourth-order valence-corrected chi connectivity index (χ4v) is 1.53. The molecule has 0 spiro atoms. The number of hydrogen-bond acceptors (Lipinski definition) is 2. The number of carbonyl (C=O) groups excluding carboxylic acids is 1. The highest BCUT2D eigenvalue weighted by molar-refractivity contribution is 6.17. The van der Waals surface area contributed by atoms with Crippen molar-refractivity contribution in [3.63, 3.8) is 0 Å². The number of nitrogens with zero attached hydrogens (tertiary/aromatic N) is 1. The molecule has 5 heteroatoms. The second kappa shape index (κ2) is 9.70. The van der Waals surface area contributed by atoms with Crippen molar-refractivity contribution in [2.45, 2.75) is 52.6 Å². The smallest absolute Gasteiger partial charge is 0.412 e. The highest BCUT2D eigenvalue weighted by atomic mass is 35.5. The maximum atomic E-state index is 11.3. The lowest BCUT2D eigenvalue weighted by Gasteiger charge is -2.19. The van der Waals surface area contributed by atoms with Crippen LogP contribution in [0.15, 0.2) is 18.5 Å². The minimum atomic E-state index is -0.459. The average molecular weight is 303 g/mol. The highest BCUT2D eigenvalue weighted by Gasteiger charge is 2.16. The zero-order valence-electron chi connectivity index (χ0n) is 13.2. The number of halogens is 1. The van der Waals surface area contributed by atoms with E-state index in [1.165, 1.54) is 19.3 Å². The fourth-order valence-electron chi connectivity index (χ4n) is 1.34. The molecule has 0 aromatic carbocycles. The summed E-state index contributed by atoms with van der Waals surface area (Å²) in [4.78, 5) is 11.3. The summed E-state index contributed by atoms with van der Waals surface area (Å²) in [6, 6.07) is 1.81. The first-order valence-electron chi connectivity index (χ1n) is 6.96. The summed E-state index contributed by atoms with van der Waals surface area (Å²) in [5.74, 6) is 0.827. The first-order valence-corrected chi connectivity index (χ1v) is 7.50. The van der Waals surface area contributed by atoms with Gasteiger partial charge in [-0.15, -0.1) is 11.6 Å². The van der Waals surface area contributed by atoms with E-state index in [-0.39, 0.29) is 0 Å². The highest BCUT2D eigenvalue weighted by Crippen LogP contribution is 2.11. The molecule has 1 rings (SSSR count). The Hall–Kier alpha value is -1.16. The Labute approximate surface area is 127 Å². The van der Waals surface area contributed by atoms with Crippen molar-refractivity contribution in [3.8, 4) is 0 Å². The van der Waals surface area contributed by atoms with Gasteiger partial charge >= 0.3 is 6.09 Å². The second-order valence-electron chi connectivity index (χ2n) is 5.59. The summed E-state index contributed by atoms with van der Waals surface area (Å²) >= 11 is 5.38. The van der Waals surface area contributed by atoms with E-state index >= 15 is 0 Å². The molecule has 0 aliphatic heterocycles. The summed E-state index contributed by atoms with van der Waals surface area (Å²) < 4.78 is 6.95. The van der Waals surface area contributed by atoms with Crippen molar-refractivity contribution in [3.05, 3.63) is 18.5 Å². The van der Waals surface area contributed by atoms with Crippen LogP contribution in [0.4, 0.5) is 10.5 Å². The maximum absolute atomic E-state index is 11.3. The normalized spacial score (nSPS) is 10.5. The molecule has 0 saturated heterocycles. The molecule has 4 nitrogen and oxygen atoms in total. The molecule has 1 aromatic heterocycles. The van der Waals surface area contributed by atoms with Gasteiger partial charge in [0.15, 0.2) is 0 Å². The summed E-state index contributed by atoms with van der Waals surface area (Å²) in [7, 11) is 1.89. The first kappa shape index (κ1) is 18.8. The van der Waals surface area contributed by atoms with Crippen molar-refractivity contribution in [2.24, 2.45) is 7.05 Å². The Kier molecular flexibility index (Phi) is 9.14. The Bertz CT molecular complexity index is 379. The lowest BCUT2D eigenvalue weighted by atomic mass is 10.2. The van der Waals surface area contributed by atoms with Crippen molar-refractivity contribution in [1.29, 1.82) is 0 Å². The third kappa shape index (κ3) is 10.7. The molecule has 20 heavy (non-hydrogen) atoms. The monoisotopic (exact) mass is 302 g/mol. The van der Waals surface area contributed by atoms with Crippen LogP contribution in [-0.2, 0) is 11.8 Å². The number of hydrogen-bond donors (Lipinski definition) is 1. The molecule has 0 atom stereocenters. The van der Waals surface area contributed by atoms with E-state index in [2.05, 4.69) is 12.2 Å². The minimum Gasteiger partial charge on any atom is -0.444 e. The summed E-state index contributed by atoms with van der Waals surface area (Å²) in [5, 5.41) is 2.64. The van der Waals surface area contributed by atoms with Crippen LogP contribution in [0.25, 0.3) is 0 Å². The van der Waals surface area contributed by atoms with E-state index in [4.69, 9.17) is 16.3 Å². The number of alkyl halides is 1. The number of aromatic nitrogens is 1. The molecule has 0 bridgehead atoms. The fraction of sp³-hybridized carbons (Fsp3) is 0.667. The van der Waals surface area contributed by atoms with Crippen LogP contribution >= 0.6 is 11.6 Å². The van der Waals surface area contributed by atoms with Crippen molar-refractivity contribution in [2.75, 3.05) is 11.2 Å². The van der Waals surface area contributed by atoms with Crippen molar-refractivity contribution in [1.82, 2.24) is 4.57 Å². The van der Waals surface area contributed by atoms with Gasteiger partial charge in [0.1, 0.15) is 5.60 Å². The number of ether oxygens (including phenoxy) is 1. The van der Waals surface area contributed by atoms with E-state index in [9.17, 15) is 4.79 Å². The molecule has 0 fully saturated rings. The van der Waals surface area contributed by atoms with Crippen LogP contribution in [0.5, 0.6) is 0 Å². The Morgan fingerprint density at radius 1 is 1.40 bits per heavy atom. The van der Waals surface area contributed by atoms with Crippen LogP contribution in [0, 0.1) is 0 Å². The number of rotatable bonds is 4. The van der Waals surface area contributed by atoms with Gasteiger partial charge in [-0.2, -0.15) is 0 Å². The zero-order valence-corrected chi connectivity index (χ0v) is 14.0. The first-order chi connectivity index (χ1) is 9.28. The molecule has 0 radical (unpaired) electrons.